The van der Waals surface area contributed by atoms with Crippen molar-refractivity contribution in [3.8, 4) is 0 Å². The first-order valence-electron chi connectivity index (χ1n) is 6.81. The number of carbonyl (C=O) groups excluding carboxylic acids is 3. The second-order valence-electron chi connectivity index (χ2n) is 4.95. The SMILES string of the molecule is CC(=O)c1cccc(NC(=O)CCN2C(=O)C(C)SC2=S)c1. The zero-order chi connectivity index (χ0) is 16.3. The van der Waals surface area contributed by atoms with Crippen LogP contribution < -0.4 is 5.32 Å². The molecule has 1 saturated heterocycles. The number of carbonyl (C=O) groups is 3. The van der Waals surface area contributed by atoms with Crippen molar-refractivity contribution in [1.82, 2.24) is 4.90 Å². The van der Waals surface area contributed by atoms with Gasteiger partial charge in [-0.05, 0) is 26.0 Å². The van der Waals surface area contributed by atoms with Crippen LogP contribution in [-0.4, -0.2) is 38.6 Å². The fourth-order valence-electron chi connectivity index (χ4n) is 2.03. The van der Waals surface area contributed by atoms with Crippen LogP contribution in [0.25, 0.3) is 0 Å². The van der Waals surface area contributed by atoms with Gasteiger partial charge in [0.25, 0.3) is 0 Å². The molecule has 7 heteroatoms. The average Bonchev–Trinajstić information content (AvgIpc) is 2.70. The third-order valence-corrected chi connectivity index (χ3v) is 4.71. The van der Waals surface area contributed by atoms with Crippen LogP contribution in [0, 0.1) is 0 Å². The summed E-state index contributed by atoms with van der Waals surface area (Å²) in [5, 5.41) is 2.54. The molecule has 0 aliphatic carbocycles. The first-order valence-corrected chi connectivity index (χ1v) is 8.10. The van der Waals surface area contributed by atoms with Crippen molar-refractivity contribution in [2.45, 2.75) is 25.5 Å². The molecule has 1 fully saturated rings. The van der Waals surface area contributed by atoms with Crippen LogP contribution in [0.2, 0.25) is 0 Å². The predicted octanol–water partition coefficient (Wildman–Crippen LogP) is 2.47. The zero-order valence-electron chi connectivity index (χ0n) is 12.3. The Kier molecular flexibility index (Phi) is 5.31. The van der Waals surface area contributed by atoms with Gasteiger partial charge in [-0.2, -0.15) is 0 Å². The maximum Gasteiger partial charge on any atom is 0.241 e. The van der Waals surface area contributed by atoms with Gasteiger partial charge in [0, 0.05) is 24.2 Å². The number of thiocarbonyl (C=S) groups is 1. The summed E-state index contributed by atoms with van der Waals surface area (Å²) in [6.45, 7) is 3.54. The molecule has 1 aliphatic heterocycles. The fourth-order valence-corrected chi connectivity index (χ4v) is 3.48. The Morgan fingerprint density at radius 1 is 1.41 bits per heavy atom. The quantitative estimate of drug-likeness (QED) is 0.661. The summed E-state index contributed by atoms with van der Waals surface area (Å²) in [6, 6.07) is 6.75. The molecule has 0 saturated carbocycles. The molecule has 2 amide bonds. The van der Waals surface area contributed by atoms with Crippen LogP contribution in [0.4, 0.5) is 5.69 Å². The van der Waals surface area contributed by atoms with Crippen LogP contribution >= 0.6 is 24.0 Å². The molecule has 1 heterocycles. The summed E-state index contributed by atoms with van der Waals surface area (Å²) in [7, 11) is 0. The molecule has 1 aromatic rings. The van der Waals surface area contributed by atoms with Crippen LogP contribution in [0.5, 0.6) is 0 Å². The molecular weight excluding hydrogens is 320 g/mol. The van der Waals surface area contributed by atoms with E-state index in [4.69, 9.17) is 12.2 Å². The minimum atomic E-state index is -0.221. The van der Waals surface area contributed by atoms with Crippen molar-refractivity contribution in [2.24, 2.45) is 0 Å². The highest BCUT2D eigenvalue weighted by Gasteiger charge is 2.33. The lowest BCUT2D eigenvalue weighted by Gasteiger charge is -2.15. The van der Waals surface area contributed by atoms with Gasteiger partial charge >= 0.3 is 0 Å². The standard InChI is InChI=1S/C15H16N2O3S2/c1-9(18)11-4-3-5-12(8-11)16-13(19)6-7-17-14(20)10(2)22-15(17)21/h3-5,8,10H,6-7H2,1-2H3,(H,16,19). The van der Waals surface area contributed by atoms with E-state index in [2.05, 4.69) is 5.32 Å². The normalized spacial score (nSPS) is 17.7. The highest BCUT2D eigenvalue weighted by atomic mass is 32.2. The molecule has 1 atom stereocenters. The Morgan fingerprint density at radius 2 is 2.14 bits per heavy atom. The lowest BCUT2D eigenvalue weighted by Crippen LogP contribution is -2.33. The van der Waals surface area contributed by atoms with Gasteiger partial charge in [-0.25, -0.2) is 0 Å². The highest BCUT2D eigenvalue weighted by molar-refractivity contribution is 8.24. The van der Waals surface area contributed by atoms with Crippen LogP contribution in [0.15, 0.2) is 24.3 Å². The van der Waals surface area contributed by atoms with Gasteiger partial charge in [0.2, 0.25) is 11.8 Å². The first-order chi connectivity index (χ1) is 10.4. The summed E-state index contributed by atoms with van der Waals surface area (Å²) in [5.41, 5.74) is 1.11. The third kappa shape index (κ3) is 3.92. The van der Waals surface area contributed by atoms with E-state index < -0.39 is 0 Å². The van der Waals surface area contributed by atoms with E-state index in [1.54, 1.807) is 31.2 Å². The minimum Gasteiger partial charge on any atom is -0.326 e. The van der Waals surface area contributed by atoms with Crippen molar-refractivity contribution in [2.75, 3.05) is 11.9 Å². The molecule has 1 aliphatic rings. The molecule has 1 N–H and O–H groups in total. The summed E-state index contributed by atoms with van der Waals surface area (Å²) >= 11 is 6.46. The summed E-state index contributed by atoms with van der Waals surface area (Å²) in [4.78, 5) is 36.6. The van der Waals surface area contributed by atoms with E-state index in [1.165, 1.54) is 23.6 Å². The maximum absolute atomic E-state index is 12.0. The molecule has 0 bridgehead atoms. The number of hydrogen-bond acceptors (Lipinski definition) is 5. The van der Waals surface area contributed by atoms with Crippen molar-refractivity contribution in [1.29, 1.82) is 0 Å². The molecule has 0 aromatic heterocycles. The molecule has 1 unspecified atom stereocenters. The van der Waals surface area contributed by atoms with Crippen molar-refractivity contribution in [3.05, 3.63) is 29.8 Å². The second kappa shape index (κ2) is 7.02. The molecule has 1 aromatic carbocycles. The minimum absolute atomic E-state index is 0.0543. The average molecular weight is 336 g/mol. The van der Waals surface area contributed by atoms with E-state index in [1.807, 2.05) is 0 Å². The van der Waals surface area contributed by atoms with Gasteiger partial charge < -0.3 is 5.32 Å². The topological polar surface area (TPSA) is 66.5 Å². The molecule has 116 valence electrons. The van der Waals surface area contributed by atoms with Crippen LogP contribution in [-0.2, 0) is 9.59 Å². The van der Waals surface area contributed by atoms with Crippen molar-refractivity contribution >= 4 is 51.6 Å². The van der Waals surface area contributed by atoms with E-state index >= 15 is 0 Å². The Morgan fingerprint density at radius 3 is 2.73 bits per heavy atom. The van der Waals surface area contributed by atoms with Crippen LogP contribution in [0.3, 0.4) is 0 Å². The zero-order valence-corrected chi connectivity index (χ0v) is 13.9. The van der Waals surface area contributed by atoms with Gasteiger partial charge in [-0.15, -0.1) is 0 Å². The highest BCUT2D eigenvalue weighted by Crippen LogP contribution is 2.26. The smallest absolute Gasteiger partial charge is 0.241 e. The fraction of sp³-hybridized carbons (Fsp3) is 0.333. The predicted molar refractivity (Wildman–Crippen MR) is 91.1 cm³/mol. The molecule has 2 rings (SSSR count). The Balaban J connectivity index is 1.91. The first kappa shape index (κ1) is 16.6. The summed E-state index contributed by atoms with van der Waals surface area (Å²) < 4.78 is 0.517. The number of nitrogens with one attached hydrogen (secondary N) is 1. The molecular formula is C15H16N2O3S2. The third-order valence-electron chi connectivity index (χ3n) is 3.23. The monoisotopic (exact) mass is 336 g/mol. The number of Topliss-reactive ketones (excluding diaryl/α,β-unsaturated/α-hetero) is 1. The number of anilines is 1. The molecule has 0 radical (unpaired) electrons. The van der Waals surface area contributed by atoms with E-state index in [0.29, 0.717) is 15.6 Å². The maximum atomic E-state index is 12.0. The Bertz CT molecular complexity index is 645. The van der Waals surface area contributed by atoms with Gasteiger partial charge in [0.1, 0.15) is 4.32 Å². The largest absolute Gasteiger partial charge is 0.326 e. The van der Waals surface area contributed by atoms with Crippen molar-refractivity contribution in [3.63, 3.8) is 0 Å². The molecule has 0 spiro atoms. The number of amides is 2. The Hall–Kier alpha value is -1.73. The second-order valence-corrected chi connectivity index (χ2v) is 6.93. The molecule has 5 nitrogen and oxygen atoms in total. The number of benzene rings is 1. The Labute approximate surface area is 138 Å². The van der Waals surface area contributed by atoms with Crippen LogP contribution in [0.1, 0.15) is 30.6 Å². The number of ketones is 1. The summed E-state index contributed by atoms with van der Waals surface area (Å²) in [5.74, 6) is -0.336. The van der Waals surface area contributed by atoms with Gasteiger partial charge in [-0.3, -0.25) is 19.3 Å². The summed E-state index contributed by atoms with van der Waals surface area (Å²) in [6.07, 6.45) is 0.156. The lowest BCUT2D eigenvalue weighted by atomic mass is 10.1. The number of hydrogen-bond donors (Lipinski definition) is 1. The number of nitrogens with zero attached hydrogens (tertiary/aromatic N) is 1. The van der Waals surface area contributed by atoms with E-state index in [0.717, 1.165) is 0 Å². The van der Waals surface area contributed by atoms with E-state index in [9.17, 15) is 14.4 Å². The van der Waals surface area contributed by atoms with Crippen molar-refractivity contribution < 1.29 is 14.4 Å². The van der Waals surface area contributed by atoms with Gasteiger partial charge in [-0.1, -0.05) is 36.1 Å². The molecule has 22 heavy (non-hydrogen) atoms. The number of rotatable bonds is 5. The van der Waals surface area contributed by atoms with Gasteiger partial charge in [0.15, 0.2) is 5.78 Å². The van der Waals surface area contributed by atoms with Gasteiger partial charge in [0.05, 0.1) is 5.25 Å². The number of thioether (sulfide) groups is 1. The lowest BCUT2D eigenvalue weighted by molar-refractivity contribution is -0.126. The van der Waals surface area contributed by atoms with E-state index in [-0.39, 0.29) is 35.8 Å².